The summed E-state index contributed by atoms with van der Waals surface area (Å²) >= 11 is 0. The molecule has 158 valence electrons. The quantitative estimate of drug-likeness (QED) is 0.776. The molecule has 0 radical (unpaired) electrons. The van der Waals surface area contributed by atoms with Crippen molar-refractivity contribution >= 4 is 5.91 Å². The fourth-order valence-corrected chi connectivity index (χ4v) is 3.27. The summed E-state index contributed by atoms with van der Waals surface area (Å²) in [5, 5.41) is 15.1. The number of hydrogen-bond acceptors (Lipinski definition) is 6. The minimum Gasteiger partial charge on any atom is -0.493 e. The summed E-state index contributed by atoms with van der Waals surface area (Å²) in [4.78, 5) is 14.3. The number of aromatic nitrogens is 2. The molecule has 2 heterocycles. The molecular formula is C18H20F3N3O5. The first-order chi connectivity index (χ1) is 13.8. The van der Waals surface area contributed by atoms with Gasteiger partial charge in [-0.15, -0.1) is 0 Å². The van der Waals surface area contributed by atoms with Gasteiger partial charge in [-0.25, -0.2) is 0 Å². The second-order valence-corrected chi connectivity index (χ2v) is 6.31. The van der Waals surface area contributed by atoms with E-state index in [-0.39, 0.29) is 18.8 Å². The monoisotopic (exact) mass is 415 g/mol. The van der Waals surface area contributed by atoms with Crippen molar-refractivity contribution in [3.05, 3.63) is 41.2 Å². The highest BCUT2D eigenvalue weighted by Crippen LogP contribution is 2.36. The van der Waals surface area contributed by atoms with Gasteiger partial charge in [0.05, 0.1) is 33.5 Å². The van der Waals surface area contributed by atoms with Crippen LogP contribution >= 0.6 is 0 Å². The molecule has 0 unspecified atom stereocenters. The van der Waals surface area contributed by atoms with E-state index in [1.54, 1.807) is 18.2 Å². The largest absolute Gasteiger partial charge is 0.493 e. The SMILES string of the molecule is COc1ccc([C@@H]2[C@@H](CO)OCCN2C(=O)c2cc(C(F)(F)F)[nH]n2)cc1OC. The Bertz CT molecular complexity index is 871. The molecule has 1 fully saturated rings. The summed E-state index contributed by atoms with van der Waals surface area (Å²) in [7, 11) is 2.93. The Morgan fingerprint density at radius 3 is 2.62 bits per heavy atom. The Morgan fingerprint density at radius 2 is 2.03 bits per heavy atom. The van der Waals surface area contributed by atoms with Crippen LogP contribution in [-0.4, -0.2) is 66.2 Å². The average molecular weight is 415 g/mol. The molecule has 2 N–H and O–H groups in total. The lowest BCUT2D eigenvalue weighted by Gasteiger charge is -2.40. The van der Waals surface area contributed by atoms with Crippen LogP contribution in [0.2, 0.25) is 0 Å². The third-order valence-corrected chi connectivity index (χ3v) is 4.64. The van der Waals surface area contributed by atoms with Crippen molar-refractivity contribution in [2.24, 2.45) is 0 Å². The molecule has 2 aromatic rings. The molecule has 0 saturated carbocycles. The highest BCUT2D eigenvalue weighted by molar-refractivity contribution is 5.93. The fraction of sp³-hybridized carbons (Fsp3) is 0.444. The molecule has 3 rings (SSSR count). The van der Waals surface area contributed by atoms with Crippen molar-refractivity contribution in [2.75, 3.05) is 34.0 Å². The van der Waals surface area contributed by atoms with Crippen molar-refractivity contribution in [1.29, 1.82) is 0 Å². The van der Waals surface area contributed by atoms with Crippen LogP contribution in [0.25, 0.3) is 0 Å². The Kier molecular flexibility index (Phi) is 5.99. The van der Waals surface area contributed by atoms with Crippen LogP contribution < -0.4 is 9.47 Å². The highest BCUT2D eigenvalue weighted by atomic mass is 19.4. The van der Waals surface area contributed by atoms with Crippen molar-refractivity contribution < 1.29 is 37.3 Å². The maximum Gasteiger partial charge on any atom is 0.432 e. The number of amides is 1. The lowest BCUT2D eigenvalue weighted by Crippen LogP contribution is -2.49. The van der Waals surface area contributed by atoms with Gasteiger partial charge in [0.15, 0.2) is 17.2 Å². The molecular weight excluding hydrogens is 395 g/mol. The molecule has 1 aromatic carbocycles. The number of hydrogen-bond donors (Lipinski definition) is 2. The second kappa shape index (κ2) is 8.29. The average Bonchev–Trinajstić information content (AvgIpc) is 3.23. The Balaban J connectivity index is 1.98. The standard InChI is InChI=1S/C18H20F3N3O5/c1-27-12-4-3-10(7-13(12)28-2)16-14(9-25)29-6-5-24(16)17(26)11-8-15(23-22-11)18(19,20)21/h3-4,7-8,14,16,25H,5-6,9H2,1-2H3,(H,22,23)/t14-,16-/m1/s1. The van der Waals surface area contributed by atoms with Gasteiger partial charge in [0, 0.05) is 12.6 Å². The predicted octanol–water partition coefficient (Wildman–Crippen LogP) is 2.02. The number of halogens is 3. The zero-order valence-electron chi connectivity index (χ0n) is 15.7. The van der Waals surface area contributed by atoms with Gasteiger partial charge in [0.1, 0.15) is 11.8 Å². The van der Waals surface area contributed by atoms with E-state index in [4.69, 9.17) is 14.2 Å². The number of aliphatic hydroxyl groups is 1. The number of rotatable bonds is 5. The van der Waals surface area contributed by atoms with Crippen LogP contribution in [0.1, 0.15) is 27.8 Å². The van der Waals surface area contributed by atoms with Crippen LogP contribution in [0.15, 0.2) is 24.3 Å². The summed E-state index contributed by atoms with van der Waals surface area (Å²) in [5.41, 5.74) is -0.918. The van der Waals surface area contributed by atoms with Crippen LogP contribution in [0.5, 0.6) is 11.5 Å². The van der Waals surface area contributed by atoms with E-state index in [2.05, 4.69) is 5.10 Å². The summed E-state index contributed by atoms with van der Waals surface area (Å²) in [6.07, 6.45) is -5.42. The minimum atomic E-state index is -4.65. The number of carbonyl (C=O) groups excluding carboxylic acids is 1. The molecule has 1 amide bonds. The summed E-state index contributed by atoms with van der Waals surface area (Å²) in [6.45, 7) is -0.156. The van der Waals surface area contributed by atoms with E-state index in [0.717, 1.165) is 0 Å². The van der Waals surface area contributed by atoms with Gasteiger partial charge in [-0.05, 0) is 17.7 Å². The molecule has 2 atom stereocenters. The maximum atomic E-state index is 12.9. The number of nitrogens with one attached hydrogen (secondary N) is 1. The summed E-state index contributed by atoms with van der Waals surface area (Å²) < 4.78 is 54.6. The van der Waals surface area contributed by atoms with E-state index in [0.29, 0.717) is 23.1 Å². The lowest BCUT2D eigenvalue weighted by molar-refractivity contribution is -0.141. The number of morpholine rings is 1. The molecule has 1 aliphatic rings. The number of alkyl halides is 3. The smallest absolute Gasteiger partial charge is 0.432 e. The van der Waals surface area contributed by atoms with Gasteiger partial charge in [-0.2, -0.15) is 18.3 Å². The van der Waals surface area contributed by atoms with Gasteiger partial charge in [0.25, 0.3) is 5.91 Å². The highest BCUT2D eigenvalue weighted by Gasteiger charge is 2.39. The number of ether oxygens (including phenoxy) is 3. The number of aromatic amines is 1. The van der Waals surface area contributed by atoms with E-state index in [1.807, 2.05) is 5.10 Å². The Hall–Kier alpha value is -2.79. The summed E-state index contributed by atoms with van der Waals surface area (Å²) in [5.74, 6) is 0.158. The maximum absolute atomic E-state index is 12.9. The predicted molar refractivity (Wildman–Crippen MR) is 93.7 cm³/mol. The topological polar surface area (TPSA) is 96.9 Å². The van der Waals surface area contributed by atoms with E-state index in [1.165, 1.54) is 19.1 Å². The molecule has 11 heteroatoms. The van der Waals surface area contributed by atoms with Crippen molar-refractivity contribution in [3.8, 4) is 11.5 Å². The number of carbonyl (C=O) groups is 1. The third-order valence-electron chi connectivity index (χ3n) is 4.64. The van der Waals surface area contributed by atoms with E-state index in [9.17, 15) is 23.1 Å². The number of methoxy groups -OCH3 is 2. The molecule has 1 aromatic heterocycles. The molecule has 8 nitrogen and oxygen atoms in total. The van der Waals surface area contributed by atoms with Gasteiger partial charge >= 0.3 is 6.18 Å². The van der Waals surface area contributed by atoms with E-state index >= 15 is 0 Å². The van der Waals surface area contributed by atoms with Gasteiger partial charge in [-0.1, -0.05) is 6.07 Å². The second-order valence-electron chi connectivity index (χ2n) is 6.31. The van der Waals surface area contributed by atoms with Gasteiger partial charge < -0.3 is 24.2 Å². The van der Waals surface area contributed by atoms with Crippen LogP contribution in [0.3, 0.4) is 0 Å². The zero-order chi connectivity index (χ0) is 21.2. The van der Waals surface area contributed by atoms with Crippen molar-refractivity contribution in [1.82, 2.24) is 15.1 Å². The molecule has 1 saturated heterocycles. The first kappa shape index (κ1) is 20.9. The molecule has 0 aliphatic carbocycles. The minimum absolute atomic E-state index is 0.114. The van der Waals surface area contributed by atoms with Gasteiger partial charge in [-0.3, -0.25) is 9.89 Å². The number of nitrogens with zero attached hydrogens (tertiary/aromatic N) is 2. The first-order valence-electron chi connectivity index (χ1n) is 8.68. The Labute approximate surface area is 164 Å². The summed E-state index contributed by atoms with van der Waals surface area (Å²) in [6, 6.07) is 4.85. The van der Waals surface area contributed by atoms with Crippen LogP contribution in [-0.2, 0) is 10.9 Å². The van der Waals surface area contributed by atoms with Crippen molar-refractivity contribution in [3.63, 3.8) is 0 Å². The van der Waals surface area contributed by atoms with Crippen LogP contribution in [0.4, 0.5) is 13.2 Å². The normalized spacial score (nSPS) is 19.9. The number of benzene rings is 1. The fourth-order valence-electron chi connectivity index (χ4n) is 3.27. The number of H-pyrrole nitrogens is 1. The van der Waals surface area contributed by atoms with Gasteiger partial charge in [0.2, 0.25) is 0 Å². The third kappa shape index (κ3) is 4.15. The van der Waals surface area contributed by atoms with Crippen molar-refractivity contribution in [2.45, 2.75) is 18.3 Å². The molecule has 0 bridgehead atoms. The Morgan fingerprint density at radius 1 is 1.31 bits per heavy atom. The van der Waals surface area contributed by atoms with E-state index < -0.39 is 36.5 Å². The number of aliphatic hydroxyl groups excluding tert-OH is 1. The lowest BCUT2D eigenvalue weighted by atomic mass is 9.97. The molecule has 1 aliphatic heterocycles. The first-order valence-corrected chi connectivity index (χ1v) is 8.68. The molecule has 29 heavy (non-hydrogen) atoms. The molecule has 0 spiro atoms. The van der Waals surface area contributed by atoms with Crippen LogP contribution in [0, 0.1) is 0 Å². The zero-order valence-corrected chi connectivity index (χ0v) is 15.7.